The molecule has 0 radical (unpaired) electrons. The van der Waals surface area contributed by atoms with Crippen LogP contribution in [-0.2, 0) is 59.2 Å². The van der Waals surface area contributed by atoms with Gasteiger partial charge >= 0.3 is 41.8 Å². The number of ketones is 1. The van der Waals surface area contributed by atoms with Gasteiger partial charge in [-0.15, -0.1) is 0 Å². The molecule has 1 aliphatic carbocycles. The number of nitrogens with one attached hydrogen (secondary N) is 6. The summed E-state index contributed by atoms with van der Waals surface area (Å²) in [7, 11) is 0. The van der Waals surface area contributed by atoms with Gasteiger partial charge < -0.3 is 62.5 Å². The number of nitrogens with zero attached hydrogens (tertiary/aromatic N) is 4. The molecule has 0 bridgehead atoms. The highest BCUT2D eigenvalue weighted by Crippen LogP contribution is 2.29. The van der Waals surface area contributed by atoms with Crippen molar-refractivity contribution in [1.29, 1.82) is 0 Å². The summed E-state index contributed by atoms with van der Waals surface area (Å²) >= 11 is 0. The lowest BCUT2D eigenvalue weighted by atomic mass is 9.81. The molecular weight excluding hydrogens is 1150 g/mol. The molecule has 2 aliphatic rings. The summed E-state index contributed by atoms with van der Waals surface area (Å²) in [5.74, 6) is -9.49. The molecule has 6 amide bonds. The van der Waals surface area contributed by atoms with Crippen molar-refractivity contribution in [3.8, 4) is 0 Å². The van der Waals surface area contributed by atoms with Crippen molar-refractivity contribution in [2.45, 2.75) is 141 Å². The Morgan fingerprint density at radius 3 is 1.52 bits per heavy atom. The molecule has 0 aromatic heterocycles. The number of hydrogen-bond acceptors (Lipinski definition) is 16. The molecule has 12 N–H and O–H groups in total. The second kappa shape index (κ2) is 39.9. The average molecular weight is 1240 g/mol. The number of amides is 6. The summed E-state index contributed by atoms with van der Waals surface area (Å²) in [6, 6.07) is 7.36. The van der Waals surface area contributed by atoms with Gasteiger partial charge in [0.15, 0.2) is 0 Å². The Labute approximate surface area is 512 Å². The zero-order valence-electron chi connectivity index (χ0n) is 49.6. The van der Waals surface area contributed by atoms with Gasteiger partial charge in [0.1, 0.15) is 30.0 Å². The van der Waals surface area contributed by atoms with Crippen molar-refractivity contribution in [3.05, 3.63) is 48.0 Å². The molecule has 2 aromatic carbocycles. The normalized spacial score (nSPS) is 17.8. The Morgan fingerprint density at radius 2 is 1.00 bits per heavy atom. The van der Waals surface area contributed by atoms with Crippen molar-refractivity contribution in [2.24, 2.45) is 11.8 Å². The van der Waals surface area contributed by atoms with Gasteiger partial charge in [-0.3, -0.25) is 62.8 Å². The molecule has 0 spiro atoms. The van der Waals surface area contributed by atoms with Gasteiger partial charge in [0, 0.05) is 97.0 Å². The lowest BCUT2D eigenvalue weighted by Crippen LogP contribution is -2.52. The maximum absolute atomic E-state index is 14.0. The quantitative estimate of drug-likeness (QED) is 0.0432. The molecule has 1 heterocycles. The van der Waals surface area contributed by atoms with Crippen molar-refractivity contribution >= 4 is 82.0 Å². The maximum atomic E-state index is 14.0. The highest BCUT2D eigenvalue weighted by atomic mass is 16.4. The smallest absolute Gasteiger partial charge is 0.326 e. The minimum atomic E-state index is -1.57. The fourth-order valence-corrected chi connectivity index (χ4v) is 10.6. The van der Waals surface area contributed by atoms with Gasteiger partial charge in [-0.1, -0.05) is 69.7 Å². The molecule has 4 atom stereocenters. The van der Waals surface area contributed by atoms with Crippen molar-refractivity contribution in [2.75, 3.05) is 91.6 Å². The summed E-state index contributed by atoms with van der Waals surface area (Å²) in [5.41, 5.74) is 0.785. The van der Waals surface area contributed by atoms with E-state index in [4.69, 9.17) is 5.11 Å². The number of carboxylic acid groups (broad SMARTS) is 6. The van der Waals surface area contributed by atoms with E-state index in [2.05, 4.69) is 31.9 Å². The molecular formula is C60H92N10O18. The van der Waals surface area contributed by atoms with Crippen molar-refractivity contribution in [1.82, 2.24) is 51.5 Å². The standard InChI is InChI=1S/C59H88N10O18.CH4/c1-2-44(70)12-4-3-5-13-45(62-49(71)35-66-24-26-67(36-51(74)75)28-30-69(38-53(78)79)31-29-68(27-25-66)37-52(76)77)55(81)61-34-39-15-19-42(20-16-39)54(80)63-48(33-40-17-18-41-10-6-7-11-43(41)32-40)56(82)60-23-9-8-14-46(57(83)84)64-59(87)65-47(58(85)86)21-22-50(72)73;/h6-7,10-11,17-18,32,39,42,45-48H,2-5,8-9,12-16,19-31,33-38H2,1H3,(H,60,82)(H,61,81)(H,62,71)(H,63,80)(H,72,73)(H,74,75)(H,76,77)(H,78,79)(H,83,84)(H,85,86)(H2,64,65,87);1H4. The summed E-state index contributed by atoms with van der Waals surface area (Å²) in [4.78, 5) is 157. The van der Waals surface area contributed by atoms with E-state index in [1.165, 1.54) is 0 Å². The van der Waals surface area contributed by atoms with E-state index in [1.807, 2.05) is 42.5 Å². The number of carbonyl (C=O) groups is 12. The molecule has 4 unspecified atom stereocenters. The first-order valence-corrected chi connectivity index (χ1v) is 29.9. The maximum Gasteiger partial charge on any atom is 0.326 e. The third kappa shape index (κ3) is 29.2. The zero-order chi connectivity index (χ0) is 63.8. The summed E-state index contributed by atoms with van der Waals surface area (Å²) in [5, 5.41) is 74.7. The van der Waals surface area contributed by atoms with E-state index in [1.54, 1.807) is 26.5 Å². The van der Waals surface area contributed by atoms with Crippen LogP contribution in [0.4, 0.5) is 4.79 Å². The first-order valence-electron chi connectivity index (χ1n) is 29.9. The Bertz CT molecular complexity index is 2620. The number of benzene rings is 2. The van der Waals surface area contributed by atoms with E-state index < -0.39 is 102 Å². The number of urea groups is 1. The predicted octanol–water partition coefficient (Wildman–Crippen LogP) is 1.67. The Balaban J connectivity index is 0.0000202. The number of carboxylic acids is 6. The average Bonchev–Trinajstić information content (AvgIpc) is 2.42. The van der Waals surface area contributed by atoms with Gasteiger partial charge in [0.05, 0.1) is 26.2 Å². The van der Waals surface area contributed by atoms with Gasteiger partial charge in [-0.25, -0.2) is 14.4 Å². The Kier molecular flexibility index (Phi) is 33.7. The fraction of sp³-hybridized carbons (Fsp3) is 0.633. The van der Waals surface area contributed by atoms with E-state index in [9.17, 15) is 83.1 Å². The van der Waals surface area contributed by atoms with Gasteiger partial charge in [0.25, 0.3) is 0 Å². The monoisotopic (exact) mass is 1240 g/mol. The largest absolute Gasteiger partial charge is 0.481 e. The number of hydrogen-bond donors (Lipinski definition) is 12. The molecule has 4 rings (SSSR count). The van der Waals surface area contributed by atoms with Crippen LogP contribution in [0.2, 0.25) is 0 Å². The SMILES string of the molecule is C.CCC(=O)CCCCCC(NC(=O)CN1CCN(CC(=O)O)CCN(CC(=O)O)CCN(CC(=O)O)CC1)C(=O)NCC1CCC(C(=O)NC(Cc2ccc3ccccc3c2)C(=O)NCCCCC(NC(=O)NC(CCC(=O)O)C(=O)O)C(=O)O)CC1. The fourth-order valence-electron chi connectivity index (χ4n) is 10.6. The topological polar surface area (TPSA) is 411 Å². The van der Waals surface area contributed by atoms with Crippen LogP contribution in [0.15, 0.2) is 42.5 Å². The van der Waals surface area contributed by atoms with Gasteiger partial charge in [-0.05, 0) is 86.5 Å². The Hall–Kier alpha value is -7.82. The number of aliphatic carboxylic acids is 6. The van der Waals surface area contributed by atoms with Crippen LogP contribution in [0.25, 0.3) is 10.8 Å². The third-order valence-electron chi connectivity index (χ3n) is 15.6. The van der Waals surface area contributed by atoms with E-state index in [-0.39, 0.29) is 149 Å². The number of carbonyl (C=O) groups excluding carboxylic acids is 6. The molecule has 88 heavy (non-hydrogen) atoms. The van der Waals surface area contributed by atoms with E-state index in [0.29, 0.717) is 57.8 Å². The Morgan fingerprint density at radius 1 is 0.500 bits per heavy atom. The minimum absolute atomic E-state index is 0. The summed E-state index contributed by atoms with van der Waals surface area (Å²) < 4.78 is 0. The second-order valence-corrected chi connectivity index (χ2v) is 22.4. The lowest BCUT2D eigenvalue weighted by molar-refractivity contribution is -0.141. The van der Waals surface area contributed by atoms with Crippen LogP contribution >= 0.6 is 0 Å². The number of Topliss-reactive ketones (excluding diaryl/α,β-unsaturated/α-hetero) is 1. The number of unbranched alkanes of at least 4 members (excludes halogenated alkanes) is 3. The number of rotatable bonds is 36. The minimum Gasteiger partial charge on any atom is -0.481 e. The van der Waals surface area contributed by atoms with E-state index in [0.717, 1.165) is 16.3 Å². The molecule has 1 saturated carbocycles. The van der Waals surface area contributed by atoms with Crippen LogP contribution in [0.5, 0.6) is 0 Å². The summed E-state index contributed by atoms with van der Waals surface area (Å²) in [6.45, 7) is 2.55. The molecule has 2 fully saturated rings. The van der Waals surface area contributed by atoms with Gasteiger partial charge in [-0.2, -0.15) is 0 Å². The van der Waals surface area contributed by atoms with Crippen LogP contribution in [0.1, 0.15) is 116 Å². The summed E-state index contributed by atoms with van der Waals surface area (Å²) in [6.07, 6.45) is 4.45. The molecule has 28 nitrogen and oxygen atoms in total. The molecule has 28 heteroatoms. The third-order valence-corrected chi connectivity index (χ3v) is 15.6. The van der Waals surface area contributed by atoms with Crippen LogP contribution < -0.4 is 31.9 Å². The molecule has 490 valence electrons. The first kappa shape index (κ1) is 74.4. The van der Waals surface area contributed by atoms with Crippen LogP contribution in [0, 0.1) is 11.8 Å². The number of fused-ring (bicyclic) bond motifs is 1. The molecule has 1 saturated heterocycles. The zero-order valence-corrected chi connectivity index (χ0v) is 49.6. The molecule has 1 aliphatic heterocycles. The highest BCUT2D eigenvalue weighted by molar-refractivity contribution is 5.90. The van der Waals surface area contributed by atoms with Crippen LogP contribution in [-0.4, -0.2) is 237 Å². The lowest BCUT2D eigenvalue weighted by Gasteiger charge is -2.33. The van der Waals surface area contributed by atoms with Crippen molar-refractivity contribution < 1.29 is 88.2 Å². The van der Waals surface area contributed by atoms with Gasteiger partial charge in [0.2, 0.25) is 23.6 Å². The second-order valence-electron chi connectivity index (χ2n) is 22.4. The molecule has 2 aromatic rings. The van der Waals surface area contributed by atoms with Crippen molar-refractivity contribution in [3.63, 3.8) is 0 Å². The van der Waals surface area contributed by atoms with E-state index >= 15 is 0 Å². The predicted molar refractivity (Wildman–Crippen MR) is 322 cm³/mol. The highest BCUT2D eigenvalue weighted by Gasteiger charge is 2.32. The van der Waals surface area contributed by atoms with Crippen LogP contribution in [0.3, 0.4) is 0 Å². The first-order chi connectivity index (χ1) is 41.5.